The van der Waals surface area contributed by atoms with Gasteiger partial charge >= 0.3 is 16.5 Å². The van der Waals surface area contributed by atoms with E-state index in [2.05, 4.69) is 13.8 Å². The van der Waals surface area contributed by atoms with Crippen molar-refractivity contribution in [2.75, 3.05) is 0 Å². The standard InChI is InChI=1S/2C7H14O2.Ni/c2*1-2-3-4-5-6-7(8)9;/h2*2-6H2,1H3,(H,8,9);/q;;+2/p-2. The Labute approximate surface area is 126 Å². The molecule has 0 fully saturated rings. The molecule has 0 amide bonds. The van der Waals surface area contributed by atoms with Gasteiger partial charge in [-0.1, -0.05) is 52.4 Å². The number of carbonyl (C=O) groups excluding carboxylic acids is 2. The molecule has 0 atom stereocenters. The molecule has 0 heterocycles. The van der Waals surface area contributed by atoms with Gasteiger partial charge in [-0.25, -0.2) is 0 Å². The quantitative estimate of drug-likeness (QED) is 0.451. The maximum Gasteiger partial charge on any atom is 2.00 e. The Morgan fingerprint density at radius 3 is 1.21 bits per heavy atom. The van der Waals surface area contributed by atoms with Crippen molar-refractivity contribution in [3.05, 3.63) is 0 Å². The molecule has 0 aromatic carbocycles. The van der Waals surface area contributed by atoms with Gasteiger partial charge in [-0.15, -0.1) is 0 Å². The second-order valence-electron chi connectivity index (χ2n) is 4.37. The molecular weight excluding hydrogens is 291 g/mol. The molecule has 0 rings (SSSR count). The Morgan fingerprint density at radius 1 is 0.684 bits per heavy atom. The van der Waals surface area contributed by atoms with Crippen LogP contribution < -0.4 is 10.2 Å². The number of hydrogen-bond acceptors (Lipinski definition) is 4. The summed E-state index contributed by atoms with van der Waals surface area (Å²) in [6, 6.07) is 0. The van der Waals surface area contributed by atoms with Gasteiger partial charge in [0.25, 0.3) is 0 Å². The summed E-state index contributed by atoms with van der Waals surface area (Å²) >= 11 is 0. The third kappa shape index (κ3) is 31.8. The summed E-state index contributed by atoms with van der Waals surface area (Å²) in [5.41, 5.74) is 0. The van der Waals surface area contributed by atoms with E-state index in [1.54, 1.807) is 0 Å². The van der Waals surface area contributed by atoms with E-state index in [0.29, 0.717) is 0 Å². The first-order valence-corrected chi connectivity index (χ1v) is 6.94. The molecule has 0 aliphatic heterocycles. The van der Waals surface area contributed by atoms with E-state index in [4.69, 9.17) is 0 Å². The minimum atomic E-state index is -0.925. The SMILES string of the molecule is CCCCCCC(=O)[O-].CCCCCCC(=O)[O-].[Ni+2]. The maximum atomic E-state index is 9.85. The van der Waals surface area contributed by atoms with Gasteiger partial charge in [-0.05, 0) is 25.7 Å². The Morgan fingerprint density at radius 2 is 1.00 bits per heavy atom. The molecule has 0 aliphatic rings. The number of carboxylic acid groups (broad SMARTS) is 2. The zero-order valence-corrected chi connectivity index (χ0v) is 13.0. The fourth-order valence-corrected chi connectivity index (χ4v) is 1.39. The molecule has 0 unspecified atom stereocenters. The van der Waals surface area contributed by atoms with Crippen molar-refractivity contribution in [3.8, 4) is 0 Å². The Bertz CT molecular complexity index is 186. The van der Waals surface area contributed by atoms with Crippen LogP contribution in [-0.4, -0.2) is 11.9 Å². The summed E-state index contributed by atoms with van der Waals surface area (Å²) in [5.74, 6) is -1.85. The summed E-state index contributed by atoms with van der Waals surface area (Å²) in [6.45, 7) is 4.19. The van der Waals surface area contributed by atoms with Gasteiger partial charge in [0, 0.05) is 11.9 Å². The molecule has 0 bridgehead atoms. The van der Waals surface area contributed by atoms with Crippen molar-refractivity contribution < 1.29 is 36.3 Å². The molecule has 0 N–H and O–H groups in total. The molecule has 0 aromatic heterocycles. The van der Waals surface area contributed by atoms with E-state index in [9.17, 15) is 19.8 Å². The minimum absolute atomic E-state index is 0. The monoisotopic (exact) mass is 316 g/mol. The van der Waals surface area contributed by atoms with E-state index in [1.165, 1.54) is 0 Å². The number of carboxylic acids is 2. The van der Waals surface area contributed by atoms with Gasteiger partial charge in [0.05, 0.1) is 0 Å². The molecule has 19 heavy (non-hydrogen) atoms. The Kier molecular flexibility index (Phi) is 24.5. The van der Waals surface area contributed by atoms with E-state index in [1.807, 2.05) is 0 Å². The van der Waals surface area contributed by atoms with Crippen molar-refractivity contribution in [1.82, 2.24) is 0 Å². The maximum absolute atomic E-state index is 9.85. The van der Waals surface area contributed by atoms with Crippen LogP contribution >= 0.6 is 0 Å². The second kappa shape index (κ2) is 19.8. The first kappa shape index (κ1) is 23.5. The smallest absolute Gasteiger partial charge is 0.550 e. The predicted molar refractivity (Wildman–Crippen MR) is 67.5 cm³/mol. The number of hydrogen-bond donors (Lipinski definition) is 0. The van der Waals surface area contributed by atoms with Gasteiger partial charge in [0.15, 0.2) is 0 Å². The fraction of sp³-hybridized carbons (Fsp3) is 0.857. The van der Waals surface area contributed by atoms with Crippen LogP contribution in [0.4, 0.5) is 0 Å². The van der Waals surface area contributed by atoms with Crippen LogP contribution in [0.1, 0.15) is 78.1 Å². The van der Waals surface area contributed by atoms with Crippen LogP contribution in [0.25, 0.3) is 0 Å². The van der Waals surface area contributed by atoms with Crippen LogP contribution in [0.2, 0.25) is 0 Å². The van der Waals surface area contributed by atoms with Crippen LogP contribution in [0.5, 0.6) is 0 Å². The fourth-order valence-electron chi connectivity index (χ4n) is 1.39. The van der Waals surface area contributed by atoms with Gasteiger partial charge in [-0.3, -0.25) is 0 Å². The van der Waals surface area contributed by atoms with Crippen molar-refractivity contribution >= 4 is 11.9 Å². The van der Waals surface area contributed by atoms with E-state index in [-0.39, 0.29) is 29.3 Å². The normalized spacial score (nSPS) is 8.95. The predicted octanol–water partition coefficient (Wildman–Crippen LogP) is 1.41. The third-order valence-electron chi connectivity index (χ3n) is 2.47. The average Bonchev–Trinajstić information content (AvgIpc) is 2.31. The van der Waals surface area contributed by atoms with Crippen LogP contribution in [-0.2, 0) is 26.1 Å². The van der Waals surface area contributed by atoms with Crippen molar-refractivity contribution in [1.29, 1.82) is 0 Å². The summed E-state index contributed by atoms with van der Waals surface area (Å²) < 4.78 is 0. The second-order valence-corrected chi connectivity index (χ2v) is 4.37. The average molecular weight is 317 g/mol. The third-order valence-corrected chi connectivity index (χ3v) is 2.47. The van der Waals surface area contributed by atoms with Crippen LogP contribution in [0.15, 0.2) is 0 Å². The van der Waals surface area contributed by atoms with Crippen molar-refractivity contribution in [2.24, 2.45) is 0 Å². The first-order chi connectivity index (χ1) is 8.54. The summed E-state index contributed by atoms with van der Waals surface area (Å²) in [6.07, 6.45) is 8.59. The van der Waals surface area contributed by atoms with Gasteiger partial charge in [-0.2, -0.15) is 0 Å². The molecule has 0 aliphatic carbocycles. The molecule has 0 aromatic rings. The van der Waals surface area contributed by atoms with Crippen molar-refractivity contribution in [3.63, 3.8) is 0 Å². The molecule has 4 nitrogen and oxygen atoms in total. The zero-order valence-electron chi connectivity index (χ0n) is 12.0. The topological polar surface area (TPSA) is 80.3 Å². The molecule has 0 spiro atoms. The minimum Gasteiger partial charge on any atom is -0.550 e. The number of unbranched alkanes of at least 4 members (excludes halogenated alkanes) is 6. The van der Waals surface area contributed by atoms with E-state index >= 15 is 0 Å². The molecule has 5 heteroatoms. The first-order valence-electron chi connectivity index (χ1n) is 6.94. The zero-order chi connectivity index (χ0) is 14.2. The van der Waals surface area contributed by atoms with Gasteiger partial charge < -0.3 is 19.8 Å². The number of rotatable bonds is 10. The molecular formula is C14H26NiO4. The summed E-state index contributed by atoms with van der Waals surface area (Å²) in [7, 11) is 0. The number of aliphatic carboxylic acids is 2. The summed E-state index contributed by atoms with van der Waals surface area (Å²) in [4.78, 5) is 19.7. The molecule has 0 saturated heterocycles. The van der Waals surface area contributed by atoms with E-state index in [0.717, 1.165) is 51.4 Å². The van der Waals surface area contributed by atoms with Gasteiger partial charge in [0.1, 0.15) is 0 Å². The van der Waals surface area contributed by atoms with Crippen LogP contribution in [0, 0.1) is 0 Å². The van der Waals surface area contributed by atoms with E-state index < -0.39 is 11.9 Å². The Balaban J connectivity index is -0.000000256. The van der Waals surface area contributed by atoms with Crippen molar-refractivity contribution in [2.45, 2.75) is 78.1 Å². The molecule has 116 valence electrons. The number of carbonyl (C=O) groups is 2. The molecule has 0 saturated carbocycles. The summed E-state index contributed by atoms with van der Waals surface area (Å²) in [5, 5.41) is 19.7. The van der Waals surface area contributed by atoms with Crippen LogP contribution in [0.3, 0.4) is 0 Å². The Hall–Kier alpha value is -0.566. The molecule has 0 radical (unpaired) electrons. The van der Waals surface area contributed by atoms with Gasteiger partial charge in [0.2, 0.25) is 0 Å². The largest absolute Gasteiger partial charge is 2.00 e.